The Labute approximate surface area is 169 Å². The van der Waals surface area contributed by atoms with Gasteiger partial charge in [0.05, 0.1) is 11.8 Å². The number of piperidine rings is 1. The molecule has 0 radical (unpaired) electrons. The Kier molecular flexibility index (Phi) is 4.62. The van der Waals surface area contributed by atoms with Crippen LogP contribution in [0.1, 0.15) is 46.8 Å². The summed E-state index contributed by atoms with van der Waals surface area (Å²) in [5, 5.41) is 10.00. The van der Waals surface area contributed by atoms with Crippen molar-refractivity contribution in [3.63, 3.8) is 0 Å². The van der Waals surface area contributed by atoms with E-state index in [0.717, 1.165) is 37.3 Å². The Bertz CT molecular complexity index is 996. The van der Waals surface area contributed by atoms with E-state index in [2.05, 4.69) is 16.0 Å². The lowest BCUT2D eigenvalue weighted by atomic mass is 9.82. The van der Waals surface area contributed by atoms with Crippen molar-refractivity contribution in [1.29, 1.82) is 0 Å². The Balaban J connectivity index is 1.39. The molecule has 3 aliphatic rings. The SMILES string of the molecule is O=C(c1ccncc1O)N1C[C@@H]2C[C@H](C1)c1ccc(CN3CCCC3)c(=O)n1C2. The molecule has 2 atom stereocenters. The van der Waals surface area contributed by atoms with E-state index in [-0.39, 0.29) is 29.1 Å². The van der Waals surface area contributed by atoms with Crippen LogP contribution >= 0.6 is 0 Å². The minimum absolute atomic E-state index is 0.0867. The van der Waals surface area contributed by atoms with Gasteiger partial charge in [-0.3, -0.25) is 19.5 Å². The molecule has 0 spiro atoms. The highest BCUT2D eigenvalue weighted by Gasteiger charge is 2.37. The number of aromatic nitrogens is 2. The van der Waals surface area contributed by atoms with Crippen molar-refractivity contribution in [1.82, 2.24) is 19.4 Å². The smallest absolute Gasteiger partial charge is 0.257 e. The van der Waals surface area contributed by atoms with Crippen molar-refractivity contribution < 1.29 is 9.90 Å². The van der Waals surface area contributed by atoms with Crippen LogP contribution in [0, 0.1) is 5.92 Å². The summed E-state index contributed by atoms with van der Waals surface area (Å²) in [4.78, 5) is 34.1. The van der Waals surface area contributed by atoms with Crippen LogP contribution in [-0.2, 0) is 13.1 Å². The van der Waals surface area contributed by atoms with Crippen LogP contribution in [0.25, 0.3) is 0 Å². The second-order valence-electron chi connectivity index (χ2n) is 8.58. The van der Waals surface area contributed by atoms with Gasteiger partial charge >= 0.3 is 0 Å². The van der Waals surface area contributed by atoms with E-state index in [1.165, 1.54) is 25.2 Å². The van der Waals surface area contributed by atoms with Crippen molar-refractivity contribution in [2.24, 2.45) is 5.92 Å². The van der Waals surface area contributed by atoms with Crippen molar-refractivity contribution >= 4 is 5.91 Å². The molecule has 2 bridgehead atoms. The number of carbonyl (C=O) groups excluding carboxylic acids is 1. The Morgan fingerprint density at radius 3 is 2.76 bits per heavy atom. The first-order valence-electron chi connectivity index (χ1n) is 10.5. The van der Waals surface area contributed by atoms with Crippen LogP contribution < -0.4 is 5.56 Å². The minimum atomic E-state index is -0.166. The Morgan fingerprint density at radius 1 is 1.14 bits per heavy atom. The van der Waals surface area contributed by atoms with Crippen LogP contribution in [0.3, 0.4) is 0 Å². The topological polar surface area (TPSA) is 78.7 Å². The standard InChI is InChI=1S/C22H26N4O3/c27-20-10-23-6-5-18(20)22(29)25-11-15-9-17(14-25)19-4-3-16(21(28)26(19)12-15)13-24-7-1-2-8-24/h3-6,10,15,17,27H,1-2,7-9,11-14H2/t15-,17+/m0/s1. The first kappa shape index (κ1) is 18.4. The predicted octanol–water partition coefficient (Wildman–Crippen LogP) is 1.80. The quantitative estimate of drug-likeness (QED) is 0.859. The molecule has 29 heavy (non-hydrogen) atoms. The molecule has 7 nitrogen and oxygen atoms in total. The average Bonchev–Trinajstić information content (AvgIpc) is 3.23. The summed E-state index contributed by atoms with van der Waals surface area (Å²) in [6, 6.07) is 5.64. The van der Waals surface area contributed by atoms with Crippen molar-refractivity contribution in [3.8, 4) is 5.75 Å². The van der Waals surface area contributed by atoms with Crippen LogP contribution in [0.4, 0.5) is 0 Å². The van der Waals surface area contributed by atoms with Gasteiger partial charge in [-0.1, -0.05) is 6.07 Å². The summed E-state index contributed by atoms with van der Waals surface area (Å²) >= 11 is 0. The normalized spacial score (nSPS) is 23.8. The molecule has 0 saturated carbocycles. The van der Waals surface area contributed by atoms with E-state index in [4.69, 9.17) is 0 Å². The van der Waals surface area contributed by atoms with Gasteiger partial charge in [0, 0.05) is 49.6 Å². The van der Waals surface area contributed by atoms with Gasteiger partial charge in [0.1, 0.15) is 5.75 Å². The van der Waals surface area contributed by atoms with Gasteiger partial charge in [-0.05, 0) is 50.4 Å². The third-order valence-corrected chi connectivity index (χ3v) is 6.59. The number of fused-ring (bicyclic) bond motifs is 4. The fourth-order valence-electron chi connectivity index (χ4n) is 5.20. The molecule has 5 rings (SSSR count). The Morgan fingerprint density at radius 2 is 1.97 bits per heavy atom. The zero-order valence-electron chi connectivity index (χ0n) is 16.5. The summed E-state index contributed by atoms with van der Waals surface area (Å²) in [5.74, 6) is 0.162. The number of hydrogen-bond acceptors (Lipinski definition) is 5. The fourth-order valence-corrected chi connectivity index (χ4v) is 5.20. The second-order valence-corrected chi connectivity index (χ2v) is 8.58. The summed E-state index contributed by atoms with van der Waals surface area (Å²) in [6.07, 6.45) is 6.25. The number of carbonyl (C=O) groups is 1. The summed E-state index contributed by atoms with van der Waals surface area (Å²) in [5.41, 5.74) is 2.34. The van der Waals surface area contributed by atoms with Crippen LogP contribution in [0.15, 0.2) is 35.4 Å². The van der Waals surface area contributed by atoms with Crippen LogP contribution in [0.2, 0.25) is 0 Å². The first-order valence-corrected chi connectivity index (χ1v) is 10.5. The highest BCUT2D eigenvalue weighted by atomic mass is 16.3. The van der Waals surface area contributed by atoms with Gasteiger partial charge in [0.25, 0.3) is 11.5 Å². The average molecular weight is 394 g/mol. The second kappa shape index (κ2) is 7.30. The van der Waals surface area contributed by atoms with Crippen molar-refractivity contribution in [2.75, 3.05) is 26.2 Å². The summed E-state index contributed by atoms with van der Waals surface area (Å²) in [7, 11) is 0. The van der Waals surface area contributed by atoms with Crippen LogP contribution in [0.5, 0.6) is 5.75 Å². The van der Waals surface area contributed by atoms with Gasteiger partial charge in [-0.25, -0.2) is 0 Å². The number of nitrogens with zero attached hydrogens (tertiary/aromatic N) is 4. The van der Waals surface area contributed by atoms with E-state index in [1.807, 2.05) is 15.5 Å². The molecule has 2 aromatic heterocycles. The van der Waals surface area contributed by atoms with Crippen LogP contribution in [-0.4, -0.2) is 56.5 Å². The lowest BCUT2D eigenvalue weighted by molar-refractivity contribution is 0.0591. The maximum absolute atomic E-state index is 13.1. The summed E-state index contributed by atoms with van der Waals surface area (Å²) in [6.45, 7) is 4.73. The maximum atomic E-state index is 13.1. The van der Waals surface area contributed by atoms with E-state index >= 15 is 0 Å². The third-order valence-electron chi connectivity index (χ3n) is 6.59. The van der Waals surface area contributed by atoms with E-state index in [1.54, 1.807) is 6.07 Å². The zero-order chi connectivity index (χ0) is 20.0. The molecular formula is C22H26N4O3. The maximum Gasteiger partial charge on any atom is 0.257 e. The molecule has 0 unspecified atom stereocenters. The van der Waals surface area contributed by atoms with E-state index in [0.29, 0.717) is 25.2 Å². The Hall–Kier alpha value is -2.67. The predicted molar refractivity (Wildman–Crippen MR) is 108 cm³/mol. The molecule has 152 valence electrons. The fraction of sp³-hybridized carbons (Fsp3) is 0.500. The number of amides is 1. The molecule has 0 aliphatic carbocycles. The van der Waals surface area contributed by atoms with Gasteiger partial charge in [-0.2, -0.15) is 0 Å². The van der Waals surface area contributed by atoms with Crippen molar-refractivity contribution in [3.05, 3.63) is 57.8 Å². The zero-order valence-corrected chi connectivity index (χ0v) is 16.5. The molecular weight excluding hydrogens is 368 g/mol. The molecule has 2 saturated heterocycles. The number of hydrogen-bond donors (Lipinski definition) is 1. The lowest BCUT2D eigenvalue weighted by Crippen LogP contribution is -2.49. The van der Waals surface area contributed by atoms with Gasteiger partial charge in [0.2, 0.25) is 0 Å². The lowest BCUT2D eigenvalue weighted by Gasteiger charge is -2.43. The van der Waals surface area contributed by atoms with Gasteiger partial charge in [0.15, 0.2) is 0 Å². The van der Waals surface area contributed by atoms with E-state index in [9.17, 15) is 14.7 Å². The van der Waals surface area contributed by atoms with E-state index < -0.39 is 0 Å². The minimum Gasteiger partial charge on any atom is -0.505 e. The molecule has 0 aromatic carbocycles. The molecule has 3 aliphatic heterocycles. The molecule has 7 heteroatoms. The summed E-state index contributed by atoms with van der Waals surface area (Å²) < 4.78 is 1.95. The number of pyridine rings is 2. The molecule has 1 amide bonds. The molecule has 2 fully saturated rings. The highest BCUT2D eigenvalue weighted by Crippen LogP contribution is 2.36. The van der Waals surface area contributed by atoms with Crippen molar-refractivity contribution in [2.45, 2.75) is 38.3 Å². The highest BCUT2D eigenvalue weighted by molar-refractivity contribution is 5.96. The molecule has 1 N–H and O–H groups in total. The largest absolute Gasteiger partial charge is 0.505 e. The van der Waals surface area contributed by atoms with Gasteiger partial charge in [-0.15, -0.1) is 0 Å². The first-order chi connectivity index (χ1) is 14.1. The number of likely N-dealkylation sites (tertiary alicyclic amines) is 2. The molecule has 5 heterocycles. The number of rotatable bonds is 3. The monoisotopic (exact) mass is 394 g/mol. The third kappa shape index (κ3) is 3.33. The van der Waals surface area contributed by atoms with Gasteiger partial charge < -0.3 is 14.6 Å². The molecule has 2 aromatic rings. The number of aromatic hydroxyl groups is 1.